The molecule has 6 nitrogen and oxygen atoms in total. The van der Waals surface area contributed by atoms with Crippen LogP contribution in [0.2, 0.25) is 0 Å². The topological polar surface area (TPSA) is 63.6 Å². The predicted octanol–water partition coefficient (Wildman–Crippen LogP) is 2.95. The lowest BCUT2D eigenvalue weighted by atomic mass is 10.1. The molecule has 0 radical (unpaired) electrons. The lowest BCUT2D eigenvalue weighted by molar-refractivity contribution is 0.301. The van der Waals surface area contributed by atoms with Crippen molar-refractivity contribution in [1.29, 1.82) is 0 Å². The first-order valence-corrected chi connectivity index (χ1v) is 11.3. The third-order valence-electron chi connectivity index (χ3n) is 5.23. The van der Waals surface area contributed by atoms with Gasteiger partial charge in [-0.1, -0.05) is 30.3 Å². The highest BCUT2D eigenvalue weighted by Crippen LogP contribution is 2.28. The van der Waals surface area contributed by atoms with Crippen LogP contribution in [0.3, 0.4) is 0 Å². The second-order valence-corrected chi connectivity index (χ2v) is 9.38. The lowest BCUT2D eigenvalue weighted by Crippen LogP contribution is -2.36. The Hall–Kier alpha value is -2.35. The second kappa shape index (κ2) is 8.98. The number of nitrogens with one attached hydrogen (secondary N) is 1. The van der Waals surface area contributed by atoms with Crippen molar-refractivity contribution in [2.45, 2.75) is 12.5 Å². The molecule has 0 aliphatic carbocycles. The van der Waals surface area contributed by atoms with E-state index in [1.807, 2.05) is 62.4 Å². The summed E-state index contributed by atoms with van der Waals surface area (Å²) in [5.74, 6) is 0.813. The number of hydrogen-bond acceptors (Lipinski definition) is 4. The molecule has 1 aromatic heterocycles. The predicted molar refractivity (Wildman–Crippen MR) is 118 cm³/mol. The zero-order valence-electron chi connectivity index (χ0n) is 17.4. The van der Waals surface area contributed by atoms with Crippen LogP contribution in [0, 0.1) is 0 Å². The van der Waals surface area contributed by atoms with Gasteiger partial charge < -0.3 is 14.2 Å². The van der Waals surface area contributed by atoms with Gasteiger partial charge in [0.25, 0.3) is 0 Å². The van der Waals surface area contributed by atoms with Gasteiger partial charge in [0, 0.05) is 36.7 Å². The van der Waals surface area contributed by atoms with Gasteiger partial charge in [0.1, 0.15) is 5.75 Å². The highest BCUT2D eigenvalue weighted by Gasteiger charge is 2.21. The molecule has 0 aliphatic rings. The van der Waals surface area contributed by atoms with Gasteiger partial charge in [-0.2, -0.15) is 0 Å². The number of sulfonamides is 1. The van der Waals surface area contributed by atoms with E-state index < -0.39 is 10.0 Å². The molecule has 1 unspecified atom stereocenters. The molecular formula is C22H29N3O3S. The van der Waals surface area contributed by atoms with Gasteiger partial charge in [0.2, 0.25) is 10.0 Å². The minimum absolute atomic E-state index is 0.0506. The van der Waals surface area contributed by atoms with Crippen molar-refractivity contribution in [3.05, 3.63) is 65.9 Å². The van der Waals surface area contributed by atoms with Crippen LogP contribution in [0.25, 0.3) is 10.9 Å². The quantitative estimate of drug-likeness (QED) is 0.584. The van der Waals surface area contributed by atoms with E-state index in [4.69, 9.17) is 4.74 Å². The summed E-state index contributed by atoms with van der Waals surface area (Å²) in [6.45, 7) is 0.325. The van der Waals surface area contributed by atoms with Gasteiger partial charge in [-0.05, 0) is 49.8 Å². The van der Waals surface area contributed by atoms with Crippen LogP contribution in [-0.2, 0) is 23.5 Å². The van der Waals surface area contributed by atoms with E-state index in [1.165, 1.54) is 0 Å². The van der Waals surface area contributed by atoms with Crippen molar-refractivity contribution >= 4 is 20.9 Å². The first kappa shape index (κ1) is 21.4. The van der Waals surface area contributed by atoms with Crippen LogP contribution in [-0.4, -0.2) is 51.4 Å². The highest BCUT2D eigenvalue weighted by molar-refractivity contribution is 7.89. The van der Waals surface area contributed by atoms with Crippen LogP contribution < -0.4 is 9.46 Å². The van der Waals surface area contributed by atoms with Crippen molar-refractivity contribution in [3.8, 4) is 5.75 Å². The fraction of sp³-hybridized carbons (Fsp3) is 0.364. The molecule has 3 rings (SSSR count). The minimum atomic E-state index is -3.39. The molecule has 0 saturated heterocycles. The van der Waals surface area contributed by atoms with Gasteiger partial charge in [-0.3, -0.25) is 0 Å². The Morgan fingerprint density at radius 3 is 2.45 bits per heavy atom. The van der Waals surface area contributed by atoms with E-state index in [0.717, 1.165) is 27.8 Å². The summed E-state index contributed by atoms with van der Waals surface area (Å²) in [6.07, 6.45) is 2.54. The van der Waals surface area contributed by atoms with E-state index in [2.05, 4.69) is 27.6 Å². The summed E-state index contributed by atoms with van der Waals surface area (Å²) < 4.78 is 35.2. The Morgan fingerprint density at radius 1 is 1.10 bits per heavy atom. The molecule has 156 valence electrons. The van der Waals surface area contributed by atoms with E-state index >= 15 is 0 Å². The maximum absolute atomic E-state index is 12.6. The molecular weight excluding hydrogens is 386 g/mol. The maximum atomic E-state index is 12.6. The molecule has 3 aromatic rings. The van der Waals surface area contributed by atoms with Crippen LogP contribution in [0.15, 0.2) is 54.7 Å². The Kier molecular flexibility index (Phi) is 6.62. The molecule has 1 heterocycles. The zero-order chi connectivity index (χ0) is 21.0. The zero-order valence-corrected chi connectivity index (χ0v) is 18.2. The summed E-state index contributed by atoms with van der Waals surface area (Å²) in [4.78, 5) is 2.05. The normalized spacial score (nSPS) is 13.1. The lowest BCUT2D eigenvalue weighted by Gasteiger charge is -2.24. The molecule has 0 amide bonds. The molecule has 0 fully saturated rings. The molecule has 0 bridgehead atoms. The van der Waals surface area contributed by atoms with E-state index in [1.54, 1.807) is 7.11 Å². The standard InChI is InChI=1S/C22H29N3O3S/c1-24(2)22(20-16-25(3)21-8-6-5-7-19(20)21)15-23-29(26,27)14-13-17-9-11-18(28-4)12-10-17/h5-12,16,22-23H,13-15H2,1-4H3. The number of aryl methyl sites for hydroxylation is 2. The van der Waals surface area contributed by atoms with Crippen LogP contribution in [0.5, 0.6) is 5.75 Å². The summed E-state index contributed by atoms with van der Waals surface area (Å²) in [5.41, 5.74) is 3.22. The average molecular weight is 416 g/mol. The van der Waals surface area contributed by atoms with Crippen molar-refractivity contribution in [1.82, 2.24) is 14.2 Å². The number of likely N-dealkylation sites (N-methyl/N-ethyl adjacent to an activating group) is 1. The number of para-hydroxylation sites is 1. The number of aromatic nitrogens is 1. The van der Waals surface area contributed by atoms with Crippen LogP contribution in [0.1, 0.15) is 17.2 Å². The first-order valence-electron chi connectivity index (χ1n) is 9.61. The van der Waals surface area contributed by atoms with Gasteiger partial charge >= 0.3 is 0 Å². The molecule has 0 spiro atoms. The number of hydrogen-bond donors (Lipinski definition) is 1. The fourth-order valence-corrected chi connectivity index (χ4v) is 4.59. The fourth-order valence-electron chi connectivity index (χ4n) is 3.53. The highest BCUT2D eigenvalue weighted by atomic mass is 32.2. The van der Waals surface area contributed by atoms with Crippen LogP contribution in [0.4, 0.5) is 0 Å². The van der Waals surface area contributed by atoms with E-state index in [9.17, 15) is 8.42 Å². The minimum Gasteiger partial charge on any atom is -0.497 e. The largest absolute Gasteiger partial charge is 0.497 e. The summed E-state index contributed by atoms with van der Waals surface area (Å²) >= 11 is 0. The summed E-state index contributed by atoms with van der Waals surface area (Å²) in [5, 5.41) is 1.14. The van der Waals surface area contributed by atoms with E-state index in [-0.39, 0.29) is 11.8 Å². The number of ether oxygens (including phenoxy) is 1. The maximum Gasteiger partial charge on any atom is 0.211 e. The van der Waals surface area contributed by atoms with E-state index in [0.29, 0.717) is 13.0 Å². The van der Waals surface area contributed by atoms with Crippen molar-refractivity contribution in [2.75, 3.05) is 33.5 Å². The van der Waals surface area contributed by atoms with Gasteiger partial charge in [0.05, 0.1) is 12.9 Å². The van der Waals surface area contributed by atoms with Gasteiger partial charge in [0.15, 0.2) is 0 Å². The van der Waals surface area contributed by atoms with Crippen molar-refractivity contribution in [3.63, 3.8) is 0 Å². The van der Waals surface area contributed by atoms with Crippen molar-refractivity contribution in [2.24, 2.45) is 7.05 Å². The molecule has 0 saturated carbocycles. The third kappa shape index (κ3) is 5.18. The average Bonchev–Trinajstić information content (AvgIpc) is 3.03. The number of rotatable bonds is 9. The van der Waals surface area contributed by atoms with Crippen molar-refractivity contribution < 1.29 is 13.2 Å². The third-order valence-corrected chi connectivity index (χ3v) is 6.57. The Labute approximate surface area is 173 Å². The molecule has 1 atom stereocenters. The van der Waals surface area contributed by atoms with Crippen LogP contribution >= 0.6 is 0 Å². The molecule has 29 heavy (non-hydrogen) atoms. The Morgan fingerprint density at radius 2 is 1.79 bits per heavy atom. The molecule has 1 N–H and O–H groups in total. The summed E-state index contributed by atoms with van der Waals surface area (Å²) in [6, 6.07) is 15.6. The monoisotopic (exact) mass is 415 g/mol. The summed E-state index contributed by atoms with van der Waals surface area (Å²) in [7, 11) is 4.17. The Bertz CT molecular complexity index is 1060. The number of nitrogens with zero attached hydrogens (tertiary/aromatic N) is 2. The second-order valence-electron chi connectivity index (χ2n) is 7.46. The number of fused-ring (bicyclic) bond motifs is 1. The van der Waals surface area contributed by atoms with Gasteiger partial charge in [-0.15, -0.1) is 0 Å². The molecule has 0 aliphatic heterocycles. The van der Waals surface area contributed by atoms with Gasteiger partial charge in [-0.25, -0.2) is 13.1 Å². The molecule has 2 aromatic carbocycles. The Balaban J connectivity index is 1.69. The smallest absolute Gasteiger partial charge is 0.211 e. The SMILES string of the molecule is COc1ccc(CCS(=O)(=O)NCC(c2cn(C)c3ccccc23)N(C)C)cc1. The first-order chi connectivity index (χ1) is 13.8. The number of benzene rings is 2. The molecule has 7 heteroatoms. The number of methoxy groups -OCH3 is 1.